The Bertz CT molecular complexity index is 395. The van der Waals surface area contributed by atoms with E-state index in [1.54, 1.807) is 24.5 Å². The quantitative estimate of drug-likeness (QED) is 0.351. The monoisotopic (exact) mass is 292 g/mol. The van der Waals surface area contributed by atoms with Gasteiger partial charge in [-0.05, 0) is 24.1 Å². The molecule has 0 aliphatic heterocycles. The molecule has 1 atom stereocenters. The number of hydrogen-bond donors (Lipinski definition) is 3. The van der Waals surface area contributed by atoms with Crippen LogP contribution in [0, 0.1) is 0 Å². The minimum Gasteiger partial charge on any atom is -0.386 e. The van der Waals surface area contributed by atoms with Crippen LogP contribution in [0.1, 0.15) is 57.1 Å². The van der Waals surface area contributed by atoms with E-state index in [-0.39, 0.29) is 6.54 Å². The van der Waals surface area contributed by atoms with Crippen molar-refractivity contribution >= 4 is 5.96 Å². The van der Waals surface area contributed by atoms with Crippen LogP contribution in [0.2, 0.25) is 0 Å². The lowest BCUT2D eigenvalue weighted by Crippen LogP contribution is -2.32. The molecule has 0 spiro atoms. The highest BCUT2D eigenvalue weighted by Gasteiger charge is 2.05. The Morgan fingerprint density at radius 3 is 2.62 bits per heavy atom. The van der Waals surface area contributed by atoms with E-state index in [1.807, 2.05) is 0 Å². The van der Waals surface area contributed by atoms with Crippen LogP contribution < -0.4 is 11.1 Å². The van der Waals surface area contributed by atoms with E-state index in [1.165, 1.54) is 32.1 Å². The number of aromatic nitrogens is 1. The molecule has 1 heterocycles. The molecule has 0 aromatic carbocycles. The first-order valence-corrected chi connectivity index (χ1v) is 7.85. The van der Waals surface area contributed by atoms with Crippen LogP contribution in [0.4, 0.5) is 0 Å². The SMILES string of the molecule is CCCCCCCCNC(N)=NCC(O)c1ccncc1. The normalized spacial score (nSPS) is 13.1. The average molecular weight is 292 g/mol. The number of nitrogens with one attached hydrogen (secondary N) is 1. The fourth-order valence-corrected chi connectivity index (χ4v) is 2.05. The van der Waals surface area contributed by atoms with Crippen molar-refractivity contribution in [1.82, 2.24) is 10.3 Å². The number of guanidine groups is 1. The first-order chi connectivity index (χ1) is 10.2. The summed E-state index contributed by atoms with van der Waals surface area (Å²) >= 11 is 0. The maximum Gasteiger partial charge on any atom is 0.188 e. The van der Waals surface area contributed by atoms with Gasteiger partial charge in [-0.25, -0.2) is 0 Å². The van der Waals surface area contributed by atoms with Gasteiger partial charge in [-0.2, -0.15) is 0 Å². The largest absolute Gasteiger partial charge is 0.386 e. The Labute approximate surface area is 127 Å². The van der Waals surface area contributed by atoms with Crippen molar-refractivity contribution in [3.05, 3.63) is 30.1 Å². The van der Waals surface area contributed by atoms with Gasteiger partial charge in [0.2, 0.25) is 0 Å². The summed E-state index contributed by atoms with van der Waals surface area (Å²) in [4.78, 5) is 8.08. The number of rotatable bonds is 10. The fraction of sp³-hybridized carbons (Fsp3) is 0.625. The predicted molar refractivity (Wildman–Crippen MR) is 87.1 cm³/mol. The van der Waals surface area contributed by atoms with Crippen LogP contribution in [0.15, 0.2) is 29.5 Å². The second kappa shape index (κ2) is 11.1. The zero-order valence-electron chi connectivity index (χ0n) is 13.0. The molecule has 0 saturated carbocycles. The van der Waals surface area contributed by atoms with Crippen LogP contribution in [-0.2, 0) is 0 Å². The first-order valence-electron chi connectivity index (χ1n) is 7.85. The summed E-state index contributed by atoms with van der Waals surface area (Å²) < 4.78 is 0. The number of unbranched alkanes of at least 4 members (excludes halogenated alkanes) is 5. The minimum absolute atomic E-state index is 0.263. The van der Waals surface area contributed by atoms with Crippen LogP contribution >= 0.6 is 0 Å². The van der Waals surface area contributed by atoms with Crippen LogP contribution in [-0.4, -0.2) is 29.1 Å². The Hall–Kier alpha value is -1.62. The summed E-state index contributed by atoms with van der Waals surface area (Å²) in [6.45, 7) is 3.32. The molecule has 118 valence electrons. The molecule has 0 fully saturated rings. The van der Waals surface area contributed by atoms with Gasteiger partial charge in [0, 0.05) is 18.9 Å². The van der Waals surface area contributed by atoms with E-state index in [0.717, 1.165) is 18.5 Å². The smallest absolute Gasteiger partial charge is 0.188 e. The van der Waals surface area contributed by atoms with Gasteiger partial charge in [0.05, 0.1) is 12.6 Å². The molecular weight excluding hydrogens is 264 g/mol. The maximum atomic E-state index is 9.94. The molecular formula is C16H28N4O. The topological polar surface area (TPSA) is 83.5 Å². The van der Waals surface area contributed by atoms with Crippen molar-refractivity contribution in [3.8, 4) is 0 Å². The lowest BCUT2D eigenvalue weighted by Gasteiger charge is -2.09. The molecule has 0 saturated heterocycles. The van der Waals surface area contributed by atoms with Crippen LogP contribution in [0.3, 0.4) is 0 Å². The van der Waals surface area contributed by atoms with E-state index >= 15 is 0 Å². The van der Waals surface area contributed by atoms with Gasteiger partial charge < -0.3 is 16.2 Å². The number of nitrogens with two attached hydrogens (primary N) is 1. The molecule has 1 rings (SSSR count). The third-order valence-corrected chi connectivity index (χ3v) is 3.36. The van der Waals surface area contributed by atoms with Gasteiger partial charge in [-0.3, -0.25) is 9.98 Å². The standard InChI is InChI=1S/C16H28N4O/c1-2-3-4-5-6-7-10-19-16(17)20-13-15(21)14-8-11-18-12-9-14/h8-9,11-12,15,21H,2-7,10,13H2,1H3,(H3,17,19,20). The maximum absolute atomic E-state index is 9.94. The van der Waals surface area contributed by atoms with Crippen molar-refractivity contribution in [2.24, 2.45) is 10.7 Å². The highest BCUT2D eigenvalue weighted by atomic mass is 16.3. The Morgan fingerprint density at radius 2 is 1.90 bits per heavy atom. The summed E-state index contributed by atoms with van der Waals surface area (Å²) in [5.74, 6) is 0.400. The lowest BCUT2D eigenvalue weighted by molar-refractivity contribution is 0.187. The minimum atomic E-state index is -0.637. The van der Waals surface area contributed by atoms with E-state index in [2.05, 4.69) is 22.2 Å². The predicted octanol–water partition coefficient (Wildman–Crippen LogP) is 2.38. The first kappa shape index (κ1) is 17.4. The Balaban J connectivity index is 2.13. The average Bonchev–Trinajstić information content (AvgIpc) is 2.52. The second-order valence-corrected chi connectivity index (χ2v) is 5.22. The zero-order valence-corrected chi connectivity index (χ0v) is 13.0. The Morgan fingerprint density at radius 1 is 1.24 bits per heavy atom. The molecule has 0 bridgehead atoms. The third kappa shape index (κ3) is 8.30. The number of nitrogens with zero attached hydrogens (tertiary/aromatic N) is 2. The molecule has 4 N–H and O–H groups in total. The summed E-state index contributed by atoms with van der Waals surface area (Å²) in [6, 6.07) is 3.56. The van der Waals surface area contributed by atoms with E-state index in [9.17, 15) is 5.11 Å². The molecule has 0 aliphatic rings. The molecule has 0 amide bonds. The third-order valence-electron chi connectivity index (χ3n) is 3.36. The van der Waals surface area contributed by atoms with E-state index in [4.69, 9.17) is 5.73 Å². The van der Waals surface area contributed by atoms with Crippen LogP contribution in [0.25, 0.3) is 0 Å². The van der Waals surface area contributed by atoms with E-state index < -0.39 is 6.10 Å². The van der Waals surface area contributed by atoms with Crippen molar-refractivity contribution in [3.63, 3.8) is 0 Å². The zero-order chi connectivity index (χ0) is 15.3. The molecule has 1 unspecified atom stereocenters. The van der Waals surface area contributed by atoms with Crippen molar-refractivity contribution in [2.45, 2.75) is 51.6 Å². The van der Waals surface area contributed by atoms with Gasteiger partial charge in [-0.1, -0.05) is 39.0 Å². The second-order valence-electron chi connectivity index (χ2n) is 5.22. The number of aliphatic hydroxyl groups is 1. The van der Waals surface area contributed by atoms with Crippen molar-refractivity contribution < 1.29 is 5.11 Å². The highest BCUT2D eigenvalue weighted by molar-refractivity contribution is 5.77. The van der Waals surface area contributed by atoms with Gasteiger partial charge in [0.25, 0.3) is 0 Å². The van der Waals surface area contributed by atoms with Gasteiger partial charge in [-0.15, -0.1) is 0 Å². The van der Waals surface area contributed by atoms with Gasteiger partial charge >= 0.3 is 0 Å². The molecule has 0 aliphatic carbocycles. The van der Waals surface area contributed by atoms with Crippen molar-refractivity contribution in [1.29, 1.82) is 0 Å². The van der Waals surface area contributed by atoms with E-state index in [0.29, 0.717) is 5.96 Å². The number of aliphatic hydroxyl groups excluding tert-OH is 1. The fourth-order valence-electron chi connectivity index (χ4n) is 2.05. The number of hydrogen-bond acceptors (Lipinski definition) is 3. The van der Waals surface area contributed by atoms with Gasteiger partial charge in [0.1, 0.15) is 0 Å². The van der Waals surface area contributed by atoms with Gasteiger partial charge in [0.15, 0.2) is 5.96 Å². The molecule has 5 nitrogen and oxygen atoms in total. The summed E-state index contributed by atoms with van der Waals surface area (Å²) in [5, 5.41) is 13.0. The summed E-state index contributed by atoms with van der Waals surface area (Å²) in [7, 11) is 0. The highest BCUT2D eigenvalue weighted by Crippen LogP contribution is 2.10. The van der Waals surface area contributed by atoms with Crippen molar-refractivity contribution in [2.75, 3.05) is 13.1 Å². The summed E-state index contributed by atoms with van der Waals surface area (Å²) in [5.41, 5.74) is 6.58. The molecule has 21 heavy (non-hydrogen) atoms. The molecule has 1 aromatic rings. The molecule has 5 heteroatoms. The number of pyridine rings is 1. The summed E-state index contributed by atoms with van der Waals surface area (Å²) in [6.07, 6.45) is 10.2. The lowest BCUT2D eigenvalue weighted by atomic mass is 10.1. The Kier molecular flexibility index (Phi) is 9.20. The van der Waals surface area contributed by atoms with Crippen LogP contribution in [0.5, 0.6) is 0 Å². The number of aliphatic imine (C=N–C) groups is 1. The molecule has 1 aromatic heterocycles. The molecule has 0 radical (unpaired) electrons.